The monoisotopic (exact) mass is 255 g/mol. The molecule has 0 aliphatic carbocycles. The van der Waals surface area contributed by atoms with E-state index in [1.165, 1.54) is 17.8 Å². The largest absolute Gasteiger partial charge is 0.389 e. The number of nitro groups is 1. The van der Waals surface area contributed by atoms with Crippen molar-refractivity contribution in [3.63, 3.8) is 0 Å². The molecule has 17 heavy (non-hydrogen) atoms. The molecule has 0 heterocycles. The quantitative estimate of drug-likeness (QED) is 0.497. The zero-order valence-electron chi connectivity index (χ0n) is 10.2. The molecule has 0 aliphatic rings. The molecule has 0 bridgehead atoms. The number of rotatable bonds is 5. The molecule has 0 amide bonds. The SMILES string of the molecule is CC(C)CSc1ccc([C@H](C)O)cc1[N+](=O)[O-]. The van der Waals surface area contributed by atoms with E-state index in [1.807, 2.05) is 0 Å². The van der Waals surface area contributed by atoms with Crippen molar-refractivity contribution in [3.8, 4) is 0 Å². The fraction of sp³-hybridized carbons (Fsp3) is 0.500. The van der Waals surface area contributed by atoms with E-state index in [9.17, 15) is 15.2 Å². The number of hydrogen-bond acceptors (Lipinski definition) is 4. The summed E-state index contributed by atoms with van der Waals surface area (Å²) in [5.41, 5.74) is 0.652. The van der Waals surface area contributed by atoms with Gasteiger partial charge in [-0.25, -0.2) is 0 Å². The van der Waals surface area contributed by atoms with Crippen LogP contribution < -0.4 is 0 Å². The van der Waals surface area contributed by atoms with Gasteiger partial charge in [-0.05, 0) is 24.5 Å². The molecule has 0 fully saturated rings. The molecule has 1 rings (SSSR count). The average molecular weight is 255 g/mol. The Morgan fingerprint density at radius 2 is 2.06 bits per heavy atom. The van der Waals surface area contributed by atoms with Crippen LogP contribution in [0.1, 0.15) is 32.4 Å². The van der Waals surface area contributed by atoms with Gasteiger partial charge in [-0.3, -0.25) is 10.1 Å². The summed E-state index contributed by atoms with van der Waals surface area (Å²) in [6, 6.07) is 4.90. The molecule has 1 aromatic carbocycles. The Bertz CT molecular complexity index is 405. The van der Waals surface area contributed by atoms with Gasteiger partial charge in [0.25, 0.3) is 5.69 Å². The summed E-state index contributed by atoms with van der Waals surface area (Å²) in [6.07, 6.45) is -0.683. The topological polar surface area (TPSA) is 63.4 Å². The number of benzene rings is 1. The lowest BCUT2D eigenvalue weighted by molar-refractivity contribution is -0.387. The predicted molar refractivity (Wildman–Crippen MR) is 69.3 cm³/mol. The van der Waals surface area contributed by atoms with Crippen molar-refractivity contribution in [1.82, 2.24) is 0 Å². The van der Waals surface area contributed by atoms with E-state index in [0.717, 1.165) is 5.75 Å². The summed E-state index contributed by atoms with van der Waals surface area (Å²) in [4.78, 5) is 11.2. The molecule has 0 aliphatic heterocycles. The molecule has 0 aromatic heterocycles. The number of hydrogen-bond donors (Lipinski definition) is 1. The van der Waals surface area contributed by atoms with E-state index >= 15 is 0 Å². The summed E-state index contributed by atoms with van der Waals surface area (Å²) in [6.45, 7) is 5.74. The van der Waals surface area contributed by atoms with Gasteiger partial charge in [0.2, 0.25) is 0 Å². The predicted octanol–water partition coefficient (Wildman–Crippen LogP) is 3.40. The van der Waals surface area contributed by atoms with E-state index < -0.39 is 11.0 Å². The molecule has 0 saturated carbocycles. The summed E-state index contributed by atoms with van der Waals surface area (Å²) in [7, 11) is 0. The van der Waals surface area contributed by atoms with Crippen LogP contribution in [0, 0.1) is 16.0 Å². The second-order valence-electron chi connectivity index (χ2n) is 4.37. The normalized spacial score (nSPS) is 12.8. The zero-order chi connectivity index (χ0) is 13.0. The molecule has 1 N–H and O–H groups in total. The number of thioether (sulfide) groups is 1. The molecule has 1 aromatic rings. The third kappa shape index (κ3) is 4.02. The van der Waals surface area contributed by atoms with Crippen LogP contribution in [-0.4, -0.2) is 15.8 Å². The Morgan fingerprint density at radius 3 is 2.53 bits per heavy atom. The first kappa shape index (κ1) is 14.0. The minimum atomic E-state index is -0.683. The van der Waals surface area contributed by atoms with Gasteiger partial charge in [-0.2, -0.15) is 0 Å². The molecule has 0 unspecified atom stereocenters. The molecule has 94 valence electrons. The molecule has 0 spiro atoms. The zero-order valence-corrected chi connectivity index (χ0v) is 11.0. The smallest absolute Gasteiger partial charge is 0.283 e. The Labute approximate surface area is 105 Å². The van der Waals surface area contributed by atoms with Crippen molar-refractivity contribution in [3.05, 3.63) is 33.9 Å². The lowest BCUT2D eigenvalue weighted by atomic mass is 10.1. The van der Waals surface area contributed by atoms with Crippen LogP contribution in [0.3, 0.4) is 0 Å². The van der Waals surface area contributed by atoms with Gasteiger partial charge in [0.15, 0.2) is 0 Å². The van der Waals surface area contributed by atoms with Gasteiger partial charge in [-0.15, -0.1) is 11.8 Å². The van der Waals surface area contributed by atoms with Crippen LogP contribution in [0.5, 0.6) is 0 Å². The molecule has 0 radical (unpaired) electrons. The van der Waals surface area contributed by atoms with Gasteiger partial charge < -0.3 is 5.11 Å². The highest BCUT2D eigenvalue weighted by Crippen LogP contribution is 2.32. The van der Waals surface area contributed by atoms with E-state index in [-0.39, 0.29) is 5.69 Å². The Balaban J connectivity index is 3.00. The molecular formula is C12H17NO3S. The highest BCUT2D eigenvalue weighted by atomic mass is 32.2. The van der Waals surface area contributed by atoms with Crippen molar-refractivity contribution >= 4 is 17.4 Å². The van der Waals surface area contributed by atoms with Gasteiger partial charge in [-0.1, -0.05) is 19.9 Å². The lowest BCUT2D eigenvalue weighted by Crippen LogP contribution is -1.98. The highest BCUT2D eigenvalue weighted by molar-refractivity contribution is 7.99. The number of nitro benzene ring substituents is 1. The summed E-state index contributed by atoms with van der Waals surface area (Å²) in [5, 5.41) is 20.4. The minimum absolute atomic E-state index is 0.0778. The van der Waals surface area contributed by atoms with Gasteiger partial charge in [0.05, 0.1) is 15.9 Å². The summed E-state index contributed by atoms with van der Waals surface area (Å²) >= 11 is 1.48. The maximum atomic E-state index is 11.0. The van der Waals surface area contributed by atoms with Crippen LogP contribution in [0.15, 0.2) is 23.1 Å². The fourth-order valence-electron chi connectivity index (χ4n) is 1.32. The first-order chi connectivity index (χ1) is 7.91. The Kier molecular flexibility index (Phi) is 4.96. The van der Waals surface area contributed by atoms with E-state index in [1.54, 1.807) is 19.1 Å². The maximum Gasteiger partial charge on any atom is 0.283 e. The number of aliphatic hydroxyl groups is 1. The molecular weight excluding hydrogens is 238 g/mol. The maximum absolute atomic E-state index is 11.0. The van der Waals surface area contributed by atoms with Crippen LogP contribution >= 0.6 is 11.8 Å². The minimum Gasteiger partial charge on any atom is -0.389 e. The second kappa shape index (κ2) is 6.02. The summed E-state index contributed by atoms with van der Waals surface area (Å²) < 4.78 is 0. The van der Waals surface area contributed by atoms with Crippen molar-refractivity contribution in [2.45, 2.75) is 31.8 Å². The second-order valence-corrected chi connectivity index (χ2v) is 5.43. The van der Waals surface area contributed by atoms with E-state index in [2.05, 4.69) is 13.8 Å². The fourth-order valence-corrected chi connectivity index (χ4v) is 2.27. The molecule has 1 atom stereocenters. The lowest BCUT2D eigenvalue weighted by Gasteiger charge is -2.08. The number of nitrogens with zero attached hydrogens (tertiary/aromatic N) is 1. The third-order valence-corrected chi connectivity index (χ3v) is 3.72. The Morgan fingerprint density at radius 1 is 1.41 bits per heavy atom. The molecule has 5 heteroatoms. The van der Waals surface area contributed by atoms with Crippen molar-refractivity contribution in [2.24, 2.45) is 5.92 Å². The number of aliphatic hydroxyl groups excluding tert-OH is 1. The van der Waals surface area contributed by atoms with E-state index in [0.29, 0.717) is 16.4 Å². The Hall–Kier alpha value is -1.07. The van der Waals surface area contributed by atoms with Gasteiger partial charge in [0, 0.05) is 11.8 Å². The third-order valence-electron chi connectivity index (χ3n) is 2.23. The van der Waals surface area contributed by atoms with Crippen LogP contribution in [0.4, 0.5) is 5.69 Å². The average Bonchev–Trinajstić information content (AvgIpc) is 2.25. The van der Waals surface area contributed by atoms with Crippen LogP contribution in [0.2, 0.25) is 0 Å². The molecule has 0 saturated heterocycles. The van der Waals surface area contributed by atoms with Crippen molar-refractivity contribution in [1.29, 1.82) is 0 Å². The van der Waals surface area contributed by atoms with Gasteiger partial charge >= 0.3 is 0 Å². The standard InChI is InChI=1S/C12H17NO3S/c1-8(2)7-17-12-5-4-10(9(3)14)6-11(12)13(15)16/h4-6,8-9,14H,7H2,1-3H3/t9-/m0/s1. The first-order valence-electron chi connectivity index (χ1n) is 5.51. The van der Waals surface area contributed by atoms with Crippen LogP contribution in [-0.2, 0) is 0 Å². The van der Waals surface area contributed by atoms with Gasteiger partial charge in [0.1, 0.15) is 0 Å². The first-order valence-corrected chi connectivity index (χ1v) is 6.49. The van der Waals surface area contributed by atoms with Crippen molar-refractivity contribution < 1.29 is 10.0 Å². The highest BCUT2D eigenvalue weighted by Gasteiger charge is 2.16. The van der Waals surface area contributed by atoms with Crippen LogP contribution in [0.25, 0.3) is 0 Å². The summed E-state index contributed by atoms with van der Waals surface area (Å²) in [5.74, 6) is 1.32. The molecule has 4 nitrogen and oxygen atoms in total. The van der Waals surface area contributed by atoms with E-state index in [4.69, 9.17) is 0 Å². The van der Waals surface area contributed by atoms with Crippen molar-refractivity contribution in [2.75, 3.05) is 5.75 Å².